The van der Waals surface area contributed by atoms with Gasteiger partial charge in [-0.2, -0.15) is 0 Å². The zero-order valence-electron chi connectivity index (χ0n) is 20.9. The van der Waals surface area contributed by atoms with Gasteiger partial charge in [0, 0.05) is 0 Å². The lowest BCUT2D eigenvalue weighted by Gasteiger charge is -2.17. The molecule has 0 radical (unpaired) electrons. The van der Waals surface area contributed by atoms with Gasteiger partial charge in [0.25, 0.3) is 0 Å². The molecular weight excluding hydrogens is 404 g/mol. The van der Waals surface area contributed by atoms with Crippen molar-refractivity contribution in [2.75, 3.05) is 20.3 Å². The predicted octanol–water partition coefficient (Wildman–Crippen LogP) is 6.69. The van der Waals surface area contributed by atoms with E-state index in [1.54, 1.807) is 19.2 Å². The van der Waals surface area contributed by atoms with Crippen LogP contribution in [0.25, 0.3) is 0 Å². The molecule has 1 unspecified atom stereocenters. The maximum atomic E-state index is 12.8. The Labute approximate surface area is 195 Å². The van der Waals surface area contributed by atoms with Gasteiger partial charge < -0.3 is 14.2 Å². The molecule has 5 heteroatoms. The van der Waals surface area contributed by atoms with Crippen molar-refractivity contribution in [1.82, 2.24) is 0 Å². The summed E-state index contributed by atoms with van der Waals surface area (Å²) in [4.78, 5) is 25.2. The van der Waals surface area contributed by atoms with Gasteiger partial charge in [0.1, 0.15) is 5.75 Å². The average molecular weight is 449 g/mol. The van der Waals surface area contributed by atoms with Gasteiger partial charge in [0.05, 0.1) is 32.7 Å². The molecule has 0 saturated carbocycles. The lowest BCUT2D eigenvalue weighted by molar-refractivity contribution is -0.152. The van der Waals surface area contributed by atoms with E-state index in [9.17, 15) is 9.59 Å². The number of unbranched alkanes of at least 4 members (excludes halogenated alkanes) is 4. The van der Waals surface area contributed by atoms with Crippen LogP contribution in [0.5, 0.6) is 5.75 Å². The first-order valence-electron chi connectivity index (χ1n) is 12.3. The van der Waals surface area contributed by atoms with Gasteiger partial charge in [-0.15, -0.1) is 0 Å². The van der Waals surface area contributed by atoms with Gasteiger partial charge in [-0.25, -0.2) is 0 Å². The van der Waals surface area contributed by atoms with E-state index in [4.69, 9.17) is 14.2 Å². The Balaban J connectivity index is 2.54. The van der Waals surface area contributed by atoms with E-state index >= 15 is 0 Å². The molecule has 1 rings (SSSR count). The minimum absolute atomic E-state index is 0.00942. The number of benzene rings is 1. The van der Waals surface area contributed by atoms with Gasteiger partial charge in [-0.1, -0.05) is 78.4 Å². The van der Waals surface area contributed by atoms with E-state index in [-0.39, 0.29) is 18.4 Å². The van der Waals surface area contributed by atoms with E-state index in [0.717, 1.165) is 44.1 Å². The molecule has 0 heterocycles. The molecular formula is C27H44O5. The first-order chi connectivity index (χ1) is 15.3. The highest BCUT2D eigenvalue weighted by Crippen LogP contribution is 2.25. The van der Waals surface area contributed by atoms with Crippen LogP contribution in [0.1, 0.15) is 97.0 Å². The number of carbonyl (C=O) groups is 2. The van der Waals surface area contributed by atoms with Crippen molar-refractivity contribution in [3.63, 3.8) is 0 Å². The van der Waals surface area contributed by atoms with Crippen LogP contribution in [0.4, 0.5) is 0 Å². The molecule has 0 amide bonds. The van der Waals surface area contributed by atoms with Crippen LogP contribution in [0.15, 0.2) is 24.3 Å². The molecule has 1 aromatic carbocycles. The molecule has 1 aromatic rings. The van der Waals surface area contributed by atoms with Crippen LogP contribution < -0.4 is 4.74 Å². The largest absolute Gasteiger partial charge is 0.497 e. The minimum Gasteiger partial charge on any atom is -0.497 e. The Bertz CT molecular complexity index is 636. The fourth-order valence-corrected chi connectivity index (χ4v) is 3.52. The highest BCUT2D eigenvalue weighted by Gasteiger charge is 2.26. The first kappa shape index (κ1) is 28.0. The quantitative estimate of drug-likeness (QED) is 0.196. The molecule has 0 spiro atoms. The second-order valence-electron chi connectivity index (χ2n) is 9.40. The Morgan fingerprint density at radius 2 is 1.28 bits per heavy atom. The number of ether oxygens (including phenoxy) is 3. The fraction of sp³-hybridized carbons (Fsp3) is 0.704. The number of esters is 2. The van der Waals surface area contributed by atoms with Gasteiger partial charge in [0.2, 0.25) is 0 Å². The monoisotopic (exact) mass is 448 g/mol. The summed E-state index contributed by atoms with van der Waals surface area (Å²) in [5, 5.41) is 0. The summed E-state index contributed by atoms with van der Waals surface area (Å²) >= 11 is 0. The van der Waals surface area contributed by atoms with Crippen molar-refractivity contribution in [3.05, 3.63) is 29.8 Å². The lowest BCUT2D eigenvalue weighted by atomic mass is 9.95. The summed E-state index contributed by atoms with van der Waals surface area (Å²) in [6.45, 7) is 9.63. The third-order valence-electron chi connectivity index (χ3n) is 5.53. The van der Waals surface area contributed by atoms with Crippen LogP contribution in [-0.2, 0) is 19.1 Å². The van der Waals surface area contributed by atoms with E-state index < -0.39 is 5.92 Å². The van der Waals surface area contributed by atoms with Crippen molar-refractivity contribution in [2.24, 2.45) is 11.8 Å². The number of hydrogen-bond acceptors (Lipinski definition) is 5. The zero-order valence-corrected chi connectivity index (χ0v) is 20.9. The Hall–Kier alpha value is -2.04. The molecule has 0 N–H and O–H groups in total. The molecule has 0 saturated heterocycles. The third-order valence-corrected chi connectivity index (χ3v) is 5.53. The Morgan fingerprint density at radius 3 is 1.78 bits per heavy atom. The summed E-state index contributed by atoms with van der Waals surface area (Å²) in [5.41, 5.74) is 0.740. The molecule has 182 valence electrons. The minimum atomic E-state index is -0.662. The second-order valence-corrected chi connectivity index (χ2v) is 9.40. The van der Waals surface area contributed by atoms with Gasteiger partial charge in [-0.05, 0) is 42.4 Å². The zero-order chi connectivity index (χ0) is 23.8. The van der Waals surface area contributed by atoms with E-state index in [2.05, 4.69) is 27.7 Å². The third kappa shape index (κ3) is 12.7. The maximum Gasteiger partial charge on any atom is 0.314 e. The predicted molar refractivity (Wildman–Crippen MR) is 129 cm³/mol. The molecule has 32 heavy (non-hydrogen) atoms. The SMILES string of the molecule is COc1ccc(C(CC(=O)OCCCCCC(C)C)C(=O)OCCCCCC(C)C)cc1. The molecule has 0 bridgehead atoms. The Kier molecular flexibility index (Phi) is 14.5. The van der Waals surface area contributed by atoms with Crippen molar-refractivity contribution < 1.29 is 23.8 Å². The van der Waals surface area contributed by atoms with Gasteiger partial charge in [0.15, 0.2) is 0 Å². The number of methoxy groups -OCH3 is 1. The normalized spacial score (nSPS) is 12.1. The summed E-state index contributed by atoms with van der Waals surface area (Å²) < 4.78 is 16.1. The lowest BCUT2D eigenvalue weighted by Crippen LogP contribution is -2.21. The fourth-order valence-electron chi connectivity index (χ4n) is 3.52. The molecule has 1 atom stereocenters. The second kappa shape index (κ2) is 16.6. The molecule has 0 aliphatic carbocycles. The van der Waals surface area contributed by atoms with Crippen molar-refractivity contribution >= 4 is 11.9 Å². The summed E-state index contributed by atoms with van der Waals surface area (Å²) in [5.74, 6) is 0.707. The van der Waals surface area contributed by atoms with Crippen molar-refractivity contribution in [2.45, 2.75) is 91.4 Å². The topological polar surface area (TPSA) is 61.8 Å². The van der Waals surface area contributed by atoms with E-state index in [1.165, 1.54) is 12.8 Å². The molecule has 0 aliphatic rings. The van der Waals surface area contributed by atoms with Crippen LogP contribution >= 0.6 is 0 Å². The molecule has 0 aliphatic heterocycles. The molecule has 0 aromatic heterocycles. The standard InChI is InChI=1S/C27H44O5/c1-21(2)12-8-6-10-18-31-26(28)20-25(23-14-16-24(30-5)17-15-23)27(29)32-19-11-7-9-13-22(3)4/h14-17,21-22,25H,6-13,18-20H2,1-5H3. The van der Waals surface area contributed by atoms with Crippen LogP contribution in [0.3, 0.4) is 0 Å². The molecule has 5 nitrogen and oxygen atoms in total. The van der Waals surface area contributed by atoms with Crippen molar-refractivity contribution in [3.8, 4) is 5.75 Å². The highest BCUT2D eigenvalue weighted by atomic mass is 16.5. The van der Waals surface area contributed by atoms with Crippen LogP contribution in [0.2, 0.25) is 0 Å². The number of rotatable bonds is 17. The van der Waals surface area contributed by atoms with E-state index in [0.29, 0.717) is 30.8 Å². The summed E-state index contributed by atoms with van der Waals surface area (Å²) in [6, 6.07) is 7.21. The summed E-state index contributed by atoms with van der Waals surface area (Å²) in [6.07, 6.45) is 8.44. The number of hydrogen-bond donors (Lipinski definition) is 0. The maximum absolute atomic E-state index is 12.8. The van der Waals surface area contributed by atoms with Crippen molar-refractivity contribution in [1.29, 1.82) is 0 Å². The van der Waals surface area contributed by atoms with Crippen LogP contribution in [0, 0.1) is 11.8 Å². The smallest absolute Gasteiger partial charge is 0.314 e. The summed E-state index contributed by atoms with van der Waals surface area (Å²) in [7, 11) is 1.60. The average Bonchev–Trinajstić information content (AvgIpc) is 2.76. The Morgan fingerprint density at radius 1 is 0.750 bits per heavy atom. The molecule has 0 fully saturated rings. The van der Waals surface area contributed by atoms with Gasteiger partial charge >= 0.3 is 11.9 Å². The van der Waals surface area contributed by atoms with Gasteiger partial charge in [-0.3, -0.25) is 9.59 Å². The van der Waals surface area contributed by atoms with Crippen LogP contribution in [-0.4, -0.2) is 32.3 Å². The first-order valence-corrected chi connectivity index (χ1v) is 12.3. The highest BCUT2D eigenvalue weighted by molar-refractivity contribution is 5.84. The number of carbonyl (C=O) groups excluding carboxylic acids is 2. The van der Waals surface area contributed by atoms with E-state index in [1.807, 2.05) is 12.1 Å².